The Morgan fingerprint density at radius 3 is 2.38 bits per heavy atom. The van der Waals surface area contributed by atoms with Gasteiger partial charge in [0.2, 0.25) is 11.7 Å². The molecule has 0 saturated carbocycles. The zero-order valence-corrected chi connectivity index (χ0v) is 14.4. The van der Waals surface area contributed by atoms with Gasteiger partial charge in [0.1, 0.15) is 6.10 Å². The third-order valence-corrected chi connectivity index (χ3v) is 3.67. The maximum absolute atomic E-state index is 5.79. The highest BCUT2D eigenvalue weighted by Crippen LogP contribution is 2.34. The number of ether oxygens (including phenoxy) is 1. The van der Waals surface area contributed by atoms with E-state index in [1.54, 1.807) is 0 Å². The molecule has 0 spiro atoms. The number of aromatic nitrogens is 2. The molecular weight excluding hydrogens is 266 g/mol. The molecule has 1 rings (SSSR count). The van der Waals surface area contributed by atoms with Crippen molar-refractivity contribution in [1.82, 2.24) is 10.1 Å². The third-order valence-electron chi connectivity index (χ3n) is 3.67. The van der Waals surface area contributed by atoms with Crippen LogP contribution in [-0.4, -0.2) is 23.3 Å². The molecule has 0 aliphatic carbocycles. The number of nitrogens with two attached hydrogens (primary N) is 1. The molecule has 122 valence electrons. The summed E-state index contributed by atoms with van der Waals surface area (Å²) in [5.74, 6) is 1.33. The van der Waals surface area contributed by atoms with Crippen LogP contribution in [0.15, 0.2) is 4.52 Å². The first-order valence-corrected chi connectivity index (χ1v) is 7.84. The maximum atomic E-state index is 5.79. The summed E-state index contributed by atoms with van der Waals surface area (Å²) in [5.41, 5.74) is 5.78. The van der Waals surface area contributed by atoms with Gasteiger partial charge >= 0.3 is 0 Å². The molecule has 5 nitrogen and oxygen atoms in total. The molecule has 1 aromatic rings. The highest BCUT2D eigenvalue weighted by Gasteiger charge is 2.31. The van der Waals surface area contributed by atoms with E-state index < -0.39 is 0 Å². The van der Waals surface area contributed by atoms with Crippen LogP contribution < -0.4 is 5.73 Å². The normalized spacial score (nSPS) is 14.4. The first-order chi connectivity index (χ1) is 9.69. The van der Waals surface area contributed by atoms with Crippen LogP contribution >= 0.6 is 0 Å². The summed E-state index contributed by atoms with van der Waals surface area (Å²) in [6.45, 7) is 14.1. The summed E-state index contributed by atoms with van der Waals surface area (Å²) in [6.07, 6.45) is 2.62. The summed E-state index contributed by atoms with van der Waals surface area (Å²) < 4.78 is 11.2. The highest BCUT2D eigenvalue weighted by molar-refractivity contribution is 4.97. The van der Waals surface area contributed by atoms with E-state index in [9.17, 15) is 0 Å². The molecule has 0 fully saturated rings. The Hall–Kier alpha value is -0.940. The lowest BCUT2D eigenvalue weighted by Crippen LogP contribution is -2.22. The summed E-state index contributed by atoms with van der Waals surface area (Å²) >= 11 is 0. The van der Waals surface area contributed by atoms with Crippen LogP contribution in [0.3, 0.4) is 0 Å². The predicted molar refractivity (Wildman–Crippen MR) is 83.9 cm³/mol. The van der Waals surface area contributed by atoms with Gasteiger partial charge in [-0.1, -0.05) is 39.8 Å². The molecular formula is C16H31N3O2. The Bertz CT molecular complexity index is 421. The molecule has 2 N–H and O–H groups in total. The molecule has 0 aromatic carbocycles. The number of rotatable bonds is 8. The van der Waals surface area contributed by atoms with Gasteiger partial charge in [0, 0.05) is 13.0 Å². The number of nitrogens with zero attached hydrogens (tertiary/aromatic N) is 2. The monoisotopic (exact) mass is 297 g/mol. The van der Waals surface area contributed by atoms with Crippen LogP contribution in [0.1, 0.15) is 72.2 Å². The predicted octanol–water partition coefficient (Wildman–Crippen LogP) is 3.50. The van der Waals surface area contributed by atoms with Crippen LogP contribution in [0.5, 0.6) is 0 Å². The van der Waals surface area contributed by atoms with Crippen molar-refractivity contribution < 1.29 is 9.26 Å². The Balaban J connectivity index is 2.71. The van der Waals surface area contributed by atoms with Gasteiger partial charge in [-0.3, -0.25) is 0 Å². The third kappa shape index (κ3) is 5.75. The van der Waals surface area contributed by atoms with Gasteiger partial charge in [0.05, 0.1) is 0 Å². The standard InChI is InChI=1S/C16H31N3O2/c1-7-20-13(15(2,3)4)14-18-12(21-19-14)8-9-16(5,6)10-11-17/h13H,7-11,17H2,1-6H3. The van der Waals surface area contributed by atoms with E-state index in [2.05, 4.69) is 44.8 Å². The maximum Gasteiger partial charge on any atom is 0.226 e. The van der Waals surface area contributed by atoms with Crippen molar-refractivity contribution in [3.63, 3.8) is 0 Å². The van der Waals surface area contributed by atoms with Crippen LogP contribution in [0.2, 0.25) is 0 Å². The second kappa shape index (κ2) is 7.36. The molecule has 0 saturated heterocycles. The largest absolute Gasteiger partial charge is 0.370 e. The van der Waals surface area contributed by atoms with Crippen molar-refractivity contribution in [3.8, 4) is 0 Å². The van der Waals surface area contributed by atoms with Crippen molar-refractivity contribution >= 4 is 0 Å². The lowest BCUT2D eigenvalue weighted by Gasteiger charge is -2.27. The second-order valence-electron chi connectivity index (χ2n) is 7.45. The first kappa shape index (κ1) is 18.1. The first-order valence-electron chi connectivity index (χ1n) is 7.84. The van der Waals surface area contributed by atoms with Crippen molar-refractivity contribution in [2.75, 3.05) is 13.2 Å². The Kier molecular flexibility index (Phi) is 6.35. The molecule has 1 aromatic heterocycles. The Morgan fingerprint density at radius 1 is 1.19 bits per heavy atom. The Morgan fingerprint density at radius 2 is 1.86 bits per heavy atom. The van der Waals surface area contributed by atoms with Crippen molar-refractivity contribution in [2.45, 2.75) is 66.9 Å². The minimum absolute atomic E-state index is 0.0595. The van der Waals surface area contributed by atoms with Crippen molar-refractivity contribution in [3.05, 3.63) is 11.7 Å². The molecule has 0 bridgehead atoms. The zero-order chi connectivity index (χ0) is 16.1. The van der Waals surface area contributed by atoms with Gasteiger partial charge in [0.25, 0.3) is 0 Å². The summed E-state index contributed by atoms with van der Waals surface area (Å²) in [7, 11) is 0. The number of hydrogen-bond acceptors (Lipinski definition) is 5. The van der Waals surface area contributed by atoms with Crippen LogP contribution in [0, 0.1) is 10.8 Å². The summed E-state index contributed by atoms with van der Waals surface area (Å²) in [5, 5.41) is 4.11. The highest BCUT2D eigenvalue weighted by atomic mass is 16.5. The molecule has 5 heteroatoms. The van der Waals surface area contributed by atoms with Crippen molar-refractivity contribution in [2.24, 2.45) is 16.6 Å². The number of aryl methyl sites for hydroxylation is 1. The van der Waals surface area contributed by atoms with Crippen LogP contribution in [0.4, 0.5) is 0 Å². The van der Waals surface area contributed by atoms with E-state index in [-0.39, 0.29) is 16.9 Å². The summed E-state index contributed by atoms with van der Waals surface area (Å²) in [6, 6.07) is 0. The fourth-order valence-corrected chi connectivity index (χ4v) is 2.32. The molecule has 0 aliphatic rings. The summed E-state index contributed by atoms with van der Waals surface area (Å²) in [4.78, 5) is 4.52. The Labute approximate surface area is 128 Å². The van der Waals surface area contributed by atoms with E-state index >= 15 is 0 Å². The fourth-order valence-electron chi connectivity index (χ4n) is 2.32. The smallest absolute Gasteiger partial charge is 0.226 e. The fraction of sp³-hybridized carbons (Fsp3) is 0.875. The number of hydrogen-bond donors (Lipinski definition) is 1. The minimum atomic E-state index is -0.142. The molecule has 1 unspecified atom stereocenters. The second-order valence-corrected chi connectivity index (χ2v) is 7.45. The zero-order valence-electron chi connectivity index (χ0n) is 14.4. The van der Waals surface area contributed by atoms with E-state index in [1.807, 2.05) is 6.92 Å². The lowest BCUT2D eigenvalue weighted by atomic mass is 9.84. The van der Waals surface area contributed by atoms with Crippen LogP contribution in [-0.2, 0) is 11.2 Å². The van der Waals surface area contributed by atoms with Crippen LogP contribution in [0.25, 0.3) is 0 Å². The van der Waals surface area contributed by atoms with Gasteiger partial charge in [-0.25, -0.2) is 0 Å². The van der Waals surface area contributed by atoms with Gasteiger partial charge in [-0.15, -0.1) is 0 Å². The van der Waals surface area contributed by atoms with E-state index in [1.165, 1.54) is 0 Å². The van der Waals surface area contributed by atoms with Gasteiger partial charge in [0.15, 0.2) is 0 Å². The van der Waals surface area contributed by atoms with Gasteiger partial charge < -0.3 is 15.0 Å². The topological polar surface area (TPSA) is 74.2 Å². The lowest BCUT2D eigenvalue weighted by molar-refractivity contribution is -0.0203. The average molecular weight is 297 g/mol. The average Bonchev–Trinajstić information content (AvgIpc) is 2.80. The molecule has 21 heavy (non-hydrogen) atoms. The molecule has 1 atom stereocenters. The van der Waals surface area contributed by atoms with Gasteiger partial charge in [-0.05, 0) is 37.1 Å². The van der Waals surface area contributed by atoms with E-state index in [4.69, 9.17) is 15.0 Å². The molecule has 0 aliphatic heterocycles. The molecule has 0 radical (unpaired) electrons. The molecule has 0 amide bonds. The minimum Gasteiger partial charge on any atom is -0.370 e. The van der Waals surface area contributed by atoms with Crippen molar-refractivity contribution in [1.29, 1.82) is 0 Å². The van der Waals surface area contributed by atoms with E-state index in [0.29, 0.717) is 24.9 Å². The van der Waals surface area contributed by atoms with Gasteiger partial charge in [-0.2, -0.15) is 4.98 Å². The SMILES string of the molecule is CCOC(c1noc(CCC(C)(C)CCN)n1)C(C)(C)C. The molecule has 1 heterocycles. The van der Waals surface area contributed by atoms with E-state index in [0.717, 1.165) is 19.3 Å². The quantitative estimate of drug-likeness (QED) is 0.795.